The summed E-state index contributed by atoms with van der Waals surface area (Å²) >= 11 is 0. The second-order valence-corrected chi connectivity index (χ2v) is 8.49. The summed E-state index contributed by atoms with van der Waals surface area (Å²) in [7, 11) is -3.63. The van der Waals surface area contributed by atoms with Crippen LogP contribution in [-0.4, -0.2) is 26.6 Å². The summed E-state index contributed by atoms with van der Waals surface area (Å²) in [4.78, 5) is 12.9. The predicted octanol–water partition coefficient (Wildman–Crippen LogP) is 3.80. The van der Waals surface area contributed by atoms with Crippen LogP contribution in [0.15, 0.2) is 42.5 Å². The summed E-state index contributed by atoms with van der Waals surface area (Å²) in [6, 6.07) is 12.1. The second kappa shape index (κ2) is 7.91. The fourth-order valence-corrected chi connectivity index (χ4v) is 4.05. The van der Waals surface area contributed by atoms with Gasteiger partial charge in [0.25, 0.3) is 0 Å². The molecule has 0 unspecified atom stereocenters. The molecule has 2 aromatic carbocycles. The van der Waals surface area contributed by atoms with Crippen molar-refractivity contribution in [3.8, 4) is 0 Å². The number of carbonyl (C=O) groups excluding carboxylic acids is 1. The molecule has 0 saturated heterocycles. The van der Waals surface area contributed by atoms with E-state index in [-0.39, 0.29) is 5.91 Å². The lowest BCUT2D eigenvalue weighted by molar-refractivity contribution is -0.117. The van der Waals surface area contributed by atoms with Gasteiger partial charge in [-0.25, -0.2) is 8.42 Å². The van der Waals surface area contributed by atoms with Gasteiger partial charge in [0.1, 0.15) is 6.04 Å². The van der Waals surface area contributed by atoms with Crippen LogP contribution in [0.4, 0.5) is 11.4 Å². The molecule has 0 bridgehead atoms. The summed E-state index contributed by atoms with van der Waals surface area (Å²) in [5, 5.41) is 2.89. The Labute approximate surface area is 156 Å². The van der Waals surface area contributed by atoms with Crippen LogP contribution in [0.1, 0.15) is 30.0 Å². The highest BCUT2D eigenvalue weighted by atomic mass is 32.2. The Bertz CT molecular complexity index is 890. The standard InChI is InChI=1S/C20H26N2O3S/c1-6-19(20(23)21-18-13-15(3)7-10-16(18)4)22(26(5,24)25)17-11-8-14(2)9-12-17/h7-13,19H,6H2,1-5H3,(H,21,23)/t19-/m0/s1. The van der Waals surface area contributed by atoms with Crippen molar-refractivity contribution >= 4 is 27.3 Å². The van der Waals surface area contributed by atoms with E-state index in [0.717, 1.165) is 22.9 Å². The lowest BCUT2D eigenvalue weighted by Crippen LogP contribution is -2.47. The highest BCUT2D eigenvalue weighted by molar-refractivity contribution is 7.92. The van der Waals surface area contributed by atoms with Crippen LogP contribution in [0.25, 0.3) is 0 Å². The molecule has 5 nitrogen and oxygen atoms in total. The predicted molar refractivity (Wildman–Crippen MR) is 107 cm³/mol. The van der Waals surface area contributed by atoms with Gasteiger partial charge in [-0.2, -0.15) is 0 Å². The number of benzene rings is 2. The quantitative estimate of drug-likeness (QED) is 0.836. The molecule has 1 atom stereocenters. The number of sulfonamides is 1. The molecule has 26 heavy (non-hydrogen) atoms. The van der Waals surface area contributed by atoms with Crippen LogP contribution >= 0.6 is 0 Å². The summed E-state index contributed by atoms with van der Waals surface area (Å²) < 4.78 is 26.1. The first-order chi connectivity index (χ1) is 12.1. The van der Waals surface area contributed by atoms with Gasteiger partial charge in [-0.1, -0.05) is 36.8 Å². The molecule has 0 aliphatic rings. The minimum atomic E-state index is -3.63. The third kappa shape index (κ3) is 4.64. The van der Waals surface area contributed by atoms with Gasteiger partial charge in [-0.3, -0.25) is 9.10 Å². The molecule has 0 fully saturated rings. The smallest absolute Gasteiger partial charge is 0.248 e. The molecule has 0 aromatic heterocycles. The highest BCUT2D eigenvalue weighted by Crippen LogP contribution is 2.24. The maximum atomic E-state index is 12.9. The number of anilines is 2. The number of rotatable bonds is 6. The van der Waals surface area contributed by atoms with Gasteiger partial charge in [0.15, 0.2) is 0 Å². The van der Waals surface area contributed by atoms with Crippen molar-refractivity contribution in [1.29, 1.82) is 0 Å². The molecule has 0 spiro atoms. The number of hydrogen-bond acceptors (Lipinski definition) is 3. The Hall–Kier alpha value is -2.34. The van der Waals surface area contributed by atoms with Gasteiger partial charge in [0.2, 0.25) is 15.9 Å². The van der Waals surface area contributed by atoms with E-state index in [0.29, 0.717) is 17.8 Å². The minimum Gasteiger partial charge on any atom is -0.324 e. The number of hydrogen-bond donors (Lipinski definition) is 1. The molecule has 2 rings (SSSR count). The monoisotopic (exact) mass is 374 g/mol. The van der Waals surface area contributed by atoms with Crippen molar-refractivity contribution in [3.63, 3.8) is 0 Å². The van der Waals surface area contributed by atoms with E-state index >= 15 is 0 Å². The van der Waals surface area contributed by atoms with Crippen molar-refractivity contribution in [2.75, 3.05) is 15.9 Å². The SMILES string of the molecule is CC[C@@H](C(=O)Nc1cc(C)ccc1C)N(c1ccc(C)cc1)S(C)(=O)=O. The van der Waals surface area contributed by atoms with Crippen molar-refractivity contribution in [2.24, 2.45) is 0 Å². The zero-order valence-electron chi connectivity index (χ0n) is 15.9. The summed E-state index contributed by atoms with van der Waals surface area (Å²) in [5.74, 6) is -0.341. The molecular formula is C20H26N2O3S. The van der Waals surface area contributed by atoms with E-state index in [4.69, 9.17) is 0 Å². The topological polar surface area (TPSA) is 66.5 Å². The van der Waals surface area contributed by atoms with Crippen LogP contribution in [0.2, 0.25) is 0 Å². The summed E-state index contributed by atoms with van der Waals surface area (Å²) in [5.41, 5.74) is 4.17. The summed E-state index contributed by atoms with van der Waals surface area (Å²) in [6.07, 6.45) is 1.48. The van der Waals surface area contributed by atoms with Crippen LogP contribution in [0.5, 0.6) is 0 Å². The van der Waals surface area contributed by atoms with Crippen LogP contribution < -0.4 is 9.62 Å². The third-order valence-electron chi connectivity index (χ3n) is 4.27. The molecule has 0 radical (unpaired) electrons. The number of carbonyl (C=O) groups is 1. The molecule has 0 aliphatic carbocycles. The van der Waals surface area contributed by atoms with Crippen LogP contribution in [-0.2, 0) is 14.8 Å². The van der Waals surface area contributed by atoms with Gasteiger partial charge in [0, 0.05) is 5.69 Å². The first-order valence-corrected chi connectivity index (χ1v) is 10.4. The highest BCUT2D eigenvalue weighted by Gasteiger charge is 2.31. The Morgan fingerprint density at radius 3 is 2.15 bits per heavy atom. The lowest BCUT2D eigenvalue weighted by Gasteiger charge is -2.30. The van der Waals surface area contributed by atoms with Crippen LogP contribution in [0.3, 0.4) is 0 Å². The number of nitrogens with zero attached hydrogens (tertiary/aromatic N) is 1. The van der Waals surface area contributed by atoms with E-state index in [1.807, 2.05) is 51.1 Å². The van der Waals surface area contributed by atoms with E-state index in [1.165, 1.54) is 4.31 Å². The van der Waals surface area contributed by atoms with Gasteiger partial charge >= 0.3 is 0 Å². The van der Waals surface area contributed by atoms with Crippen molar-refractivity contribution in [1.82, 2.24) is 0 Å². The maximum Gasteiger partial charge on any atom is 0.248 e. The van der Waals surface area contributed by atoms with Gasteiger partial charge in [0.05, 0.1) is 11.9 Å². The van der Waals surface area contributed by atoms with Gasteiger partial charge in [-0.15, -0.1) is 0 Å². The molecule has 0 aliphatic heterocycles. The molecule has 6 heteroatoms. The second-order valence-electron chi connectivity index (χ2n) is 6.63. The number of amides is 1. The van der Waals surface area contributed by atoms with E-state index < -0.39 is 16.1 Å². The molecule has 1 amide bonds. The Balaban J connectivity index is 2.39. The molecular weight excluding hydrogens is 348 g/mol. The first-order valence-electron chi connectivity index (χ1n) is 8.57. The van der Waals surface area contributed by atoms with Gasteiger partial charge in [-0.05, 0) is 56.5 Å². The van der Waals surface area contributed by atoms with Gasteiger partial charge < -0.3 is 5.32 Å². The van der Waals surface area contributed by atoms with E-state index in [1.54, 1.807) is 19.1 Å². The Morgan fingerprint density at radius 2 is 1.62 bits per heavy atom. The molecule has 2 aromatic rings. The zero-order valence-corrected chi connectivity index (χ0v) is 16.7. The number of nitrogens with one attached hydrogen (secondary N) is 1. The molecule has 1 N–H and O–H groups in total. The summed E-state index contributed by atoms with van der Waals surface area (Å²) in [6.45, 7) is 7.59. The Kier molecular flexibility index (Phi) is 6.08. The molecule has 140 valence electrons. The fraction of sp³-hybridized carbons (Fsp3) is 0.350. The molecule has 0 heterocycles. The fourth-order valence-electron chi connectivity index (χ4n) is 2.84. The van der Waals surface area contributed by atoms with E-state index in [2.05, 4.69) is 5.32 Å². The van der Waals surface area contributed by atoms with Crippen molar-refractivity contribution in [3.05, 3.63) is 59.2 Å². The van der Waals surface area contributed by atoms with E-state index in [9.17, 15) is 13.2 Å². The largest absolute Gasteiger partial charge is 0.324 e. The van der Waals surface area contributed by atoms with Crippen LogP contribution in [0, 0.1) is 20.8 Å². The number of aryl methyl sites for hydroxylation is 3. The zero-order chi connectivity index (χ0) is 19.5. The normalized spacial score (nSPS) is 12.5. The minimum absolute atomic E-state index is 0.341. The average Bonchev–Trinajstić information content (AvgIpc) is 2.56. The van der Waals surface area contributed by atoms with Crippen molar-refractivity contribution < 1.29 is 13.2 Å². The lowest BCUT2D eigenvalue weighted by atomic mass is 10.1. The Morgan fingerprint density at radius 1 is 1.04 bits per heavy atom. The first kappa shape index (κ1) is 20.0. The maximum absolute atomic E-state index is 12.9. The average molecular weight is 375 g/mol. The van der Waals surface area contributed by atoms with Crippen molar-refractivity contribution in [2.45, 2.75) is 40.2 Å². The molecule has 0 saturated carbocycles. The third-order valence-corrected chi connectivity index (χ3v) is 5.45.